The van der Waals surface area contributed by atoms with Gasteiger partial charge >= 0.3 is 0 Å². The molecular weight excluding hydrogens is 290 g/mol. The van der Waals surface area contributed by atoms with Gasteiger partial charge in [0.2, 0.25) is 0 Å². The summed E-state index contributed by atoms with van der Waals surface area (Å²) in [5.74, 6) is 0. The molecule has 84 valence electrons. The third-order valence-electron chi connectivity index (χ3n) is 2.03. The fourth-order valence-electron chi connectivity index (χ4n) is 1.29. The summed E-state index contributed by atoms with van der Waals surface area (Å²) in [5, 5.41) is 16.9. The SMILES string of the molecule is CC(O)c1ccc(Br)cc1Sc1ncn[nH]1. The molecular formula is C10H10BrN3OS. The van der Waals surface area contributed by atoms with Crippen molar-refractivity contribution in [1.82, 2.24) is 15.2 Å². The zero-order chi connectivity index (χ0) is 11.5. The van der Waals surface area contributed by atoms with E-state index in [1.807, 2.05) is 18.2 Å². The van der Waals surface area contributed by atoms with Crippen molar-refractivity contribution in [2.45, 2.75) is 23.1 Å². The first-order valence-electron chi connectivity index (χ1n) is 4.67. The molecule has 1 unspecified atom stereocenters. The molecule has 0 amide bonds. The Hall–Kier alpha value is -0.850. The number of aliphatic hydroxyl groups is 1. The van der Waals surface area contributed by atoms with Crippen LogP contribution in [0.3, 0.4) is 0 Å². The molecule has 0 bridgehead atoms. The largest absolute Gasteiger partial charge is 0.389 e. The topological polar surface area (TPSA) is 61.8 Å². The van der Waals surface area contributed by atoms with Crippen molar-refractivity contribution in [2.24, 2.45) is 0 Å². The van der Waals surface area contributed by atoms with Gasteiger partial charge in [0, 0.05) is 9.37 Å². The van der Waals surface area contributed by atoms with Crippen molar-refractivity contribution < 1.29 is 5.11 Å². The number of aliphatic hydroxyl groups excluding tert-OH is 1. The highest BCUT2D eigenvalue weighted by Crippen LogP contribution is 2.33. The van der Waals surface area contributed by atoms with Gasteiger partial charge in [-0.2, -0.15) is 5.10 Å². The van der Waals surface area contributed by atoms with E-state index in [-0.39, 0.29) is 0 Å². The summed E-state index contributed by atoms with van der Waals surface area (Å²) in [6, 6.07) is 5.76. The molecule has 0 aliphatic rings. The Morgan fingerprint density at radius 3 is 2.94 bits per heavy atom. The Balaban J connectivity index is 2.34. The van der Waals surface area contributed by atoms with Crippen LogP contribution in [0.1, 0.15) is 18.6 Å². The smallest absolute Gasteiger partial charge is 0.188 e. The molecule has 0 fully saturated rings. The molecule has 0 radical (unpaired) electrons. The molecule has 6 heteroatoms. The Morgan fingerprint density at radius 2 is 2.31 bits per heavy atom. The Morgan fingerprint density at radius 1 is 1.50 bits per heavy atom. The maximum atomic E-state index is 9.65. The Bertz CT molecular complexity index is 473. The van der Waals surface area contributed by atoms with Crippen molar-refractivity contribution in [3.8, 4) is 0 Å². The van der Waals surface area contributed by atoms with Crippen LogP contribution in [0.4, 0.5) is 0 Å². The number of aromatic nitrogens is 3. The summed E-state index contributed by atoms with van der Waals surface area (Å²) < 4.78 is 0.971. The fraction of sp³-hybridized carbons (Fsp3) is 0.200. The van der Waals surface area contributed by atoms with Gasteiger partial charge in [0.1, 0.15) is 6.33 Å². The van der Waals surface area contributed by atoms with Crippen LogP contribution >= 0.6 is 27.7 Å². The van der Waals surface area contributed by atoms with E-state index in [2.05, 4.69) is 31.1 Å². The van der Waals surface area contributed by atoms with Crippen LogP contribution in [0.25, 0.3) is 0 Å². The number of H-pyrrole nitrogens is 1. The molecule has 1 aromatic heterocycles. The van der Waals surface area contributed by atoms with Crippen molar-refractivity contribution in [3.05, 3.63) is 34.6 Å². The highest BCUT2D eigenvalue weighted by molar-refractivity contribution is 9.10. The Kier molecular flexibility index (Phi) is 3.63. The third-order valence-corrected chi connectivity index (χ3v) is 3.48. The van der Waals surface area contributed by atoms with E-state index in [1.165, 1.54) is 18.1 Å². The van der Waals surface area contributed by atoms with Crippen molar-refractivity contribution in [3.63, 3.8) is 0 Å². The number of aromatic amines is 1. The summed E-state index contributed by atoms with van der Waals surface area (Å²) in [5.41, 5.74) is 0.879. The number of hydrogen-bond acceptors (Lipinski definition) is 4. The second-order valence-corrected chi connectivity index (χ2v) is 5.20. The number of nitrogens with zero attached hydrogens (tertiary/aromatic N) is 2. The lowest BCUT2D eigenvalue weighted by atomic mass is 10.1. The standard InChI is InChI=1S/C10H10BrN3OS/c1-6(15)8-3-2-7(11)4-9(8)16-10-12-5-13-14-10/h2-6,15H,1H3,(H,12,13,14). The van der Waals surface area contributed by atoms with Gasteiger partial charge in [0.15, 0.2) is 5.16 Å². The van der Waals surface area contributed by atoms with E-state index < -0.39 is 6.10 Å². The highest BCUT2D eigenvalue weighted by atomic mass is 79.9. The molecule has 0 saturated heterocycles. The molecule has 1 heterocycles. The van der Waals surface area contributed by atoms with Gasteiger partial charge in [-0.25, -0.2) is 4.98 Å². The predicted molar refractivity (Wildman–Crippen MR) is 65.3 cm³/mol. The minimum Gasteiger partial charge on any atom is -0.389 e. The van der Waals surface area contributed by atoms with Crippen molar-refractivity contribution in [2.75, 3.05) is 0 Å². The molecule has 0 saturated carbocycles. The second-order valence-electron chi connectivity index (χ2n) is 3.25. The first-order valence-corrected chi connectivity index (χ1v) is 6.28. The summed E-state index contributed by atoms with van der Waals surface area (Å²) in [6.45, 7) is 1.74. The predicted octanol–water partition coefficient (Wildman–Crippen LogP) is 2.77. The lowest BCUT2D eigenvalue weighted by Gasteiger charge is -2.10. The first-order chi connectivity index (χ1) is 7.66. The van der Waals surface area contributed by atoms with Crippen LogP contribution < -0.4 is 0 Å². The van der Waals surface area contributed by atoms with Crippen molar-refractivity contribution >= 4 is 27.7 Å². The van der Waals surface area contributed by atoms with Gasteiger partial charge < -0.3 is 5.11 Å². The molecule has 4 nitrogen and oxygen atoms in total. The van der Waals surface area contributed by atoms with Crippen LogP contribution in [-0.4, -0.2) is 20.3 Å². The van der Waals surface area contributed by atoms with Gasteiger partial charge in [0.05, 0.1) is 6.10 Å². The van der Waals surface area contributed by atoms with E-state index in [1.54, 1.807) is 6.92 Å². The van der Waals surface area contributed by atoms with Crippen LogP contribution in [0, 0.1) is 0 Å². The molecule has 2 N–H and O–H groups in total. The fourth-order valence-corrected chi connectivity index (χ4v) is 2.75. The van der Waals surface area contributed by atoms with Gasteiger partial charge in [-0.05, 0) is 36.4 Å². The third kappa shape index (κ3) is 2.63. The van der Waals surface area contributed by atoms with Crippen molar-refractivity contribution in [1.29, 1.82) is 0 Å². The minimum atomic E-state index is -0.501. The van der Waals surface area contributed by atoms with E-state index >= 15 is 0 Å². The average Bonchev–Trinajstić information content (AvgIpc) is 2.70. The highest BCUT2D eigenvalue weighted by Gasteiger charge is 2.10. The molecule has 1 aromatic carbocycles. The first kappa shape index (κ1) is 11.6. The van der Waals surface area contributed by atoms with E-state index in [4.69, 9.17) is 0 Å². The molecule has 0 aliphatic carbocycles. The average molecular weight is 300 g/mol. The molecule has 2 rings (SSSR count). The lowest BCUT2D eigenvalue weighted by Crippen LogP contribution is -1.94. The maximum absolute atomic E-state index is 9.65. The summed E-state index contributed by atoms with van der Waals surface area (Å²) >= 11 is 4.85. The molecule has 0 aliphatic heterocycles. The van der Waals surface area contributed by atoms with Crippen LogP contribution in [0.15, 0.2) is 39.1 Å². The van der Waals surface area contributed by atoms with Crippen LogP contribution in [0.2, 0.25) is 0 Å². The summed E-state index contributed by atoms with van der Waals surface area (Å²) in [7, 11) is 0. The maximum Gasteiger partial charge on any atom is 0.188 e. The summed E-state index contributed by atoms with van der Waals surface area (Å²) in [4.78, 5) is 5.00. The molecule has 16 heavy (non-hydrogen) atoms. The number of rotatable bonds is 3. The lowest BCUT2D eigenvalue weighted by molar-refractivity contribution is 0.196. The monoisotopic (exact) mass is 299 g/mol. The van der Waals surface area contributed by atoms with Gasteiger partial charge in [-0.15, -0.1) is 0 Å². The summed E-state index contributed by atoms with van der Waals surface area (Å²) in [6.07, 6.45) is 0.959. The zero-order valence-corrected chi connectivity index (χ0v) is 10.9. The van der Waals surface area contributed by atoms with Gasteiger partial charge in [-0.3, -0.25) is 5.10 Å². The van der Waals surface area contributed by atoms with E-state index in [0.29, 0.717) is 5.16 Å². The zero-order valence-electron chi connectivity index (χ0n) is 8.51. The quantitative estimate of drug-likeness (QED) is 0.915. The molecule has 2 aromatic rings. The van der Waals surface area contributed by atoms with E-state index in [9.17, 15) is 5.11 Å². The van der Waals surface area contributed by atoms with Gasteiger partial charge in [-0.1, -0.05) is 22.0 Å². The Labute approximate surface area is 106 Å². The normalized spacial score (nSPS) is 12.7. The van der Waals surface area contributed by atoms with Crippen LogP contribution in [-0.2, 0) is 0 Å². The number of halogens is 1. The van der Waals surface area contributed by atoms with Crippen LogP contribution in [0.5, 0.6) is 0 Å². The molecule has 1 atom stereocenters. The van der Waals surface area contributed by atoms with E-state index in [0.717, 1.165) is 14.9 Å². The minimum absolute atomic E-state index is 0.501. The second kappa shape index (κ2) is 4.99. The van der Waals surface area contributed by atoms with Gasteiger partial charge in [0.25, 0.3) is 0 Å². The number of hydrogen-bond donors (Lipinski definition) is 2. The number of benzene rings is 1. The number of nitrogens with one attached hydrogen (secondary N) is 1. The molecule has 0 spiro atoms.